The Labute approximate surface area is 113 Å². The van der Waals surface area contributed by atoms with E-state index in [0.717, 1.165) is 10.0 Å². The molecule has 1 rings (SSSR count). The third-order valence-corrected chi connectivity index (χ3v) is 3.01. The summed E-state index contributed by atoms with van der Waals surface area (Å²) in [4.78, 5) is 0. The molecule has 0 fully saturated rings. The normalized spacial score (nSPS) is 13.6. The second-order valence-electron chi connectivity index (χ2n) is 3.96. The minimum absolute atomic E-state index is 0.171. The minimum Gasteiger partial charge on any atom is -0.372 e. The second kappa shape index (κ2) is 7.11. The van der Waals surface area contributed by atoms with Gasteiger partial charge >= 0.3 is 6.18 Å². The van der Waals surface area contributed by atoms with Gasteiger partial charge in [0.2, 0.25) is 0 Å². The average Bonchev–Trinajstić information content (AvgIpc) is 2.26. The Morgan fingerprint density at radius 1 is 1.33 bits per heavy atom. The number of benzene rings is 1. The Morgan fingerprint density at radius 3 is 2.61 bits per heavy atom. The van der Waals surface area contributed by atoms with Crippen molar-refractivity contribution in [3.05, 3.63) is 34.3 Å². The Morgan fingerprint density at radius 2 is 2.00 bits per heavy atom. The first-order chi connectivity index (χ1) is 8.38. The van der Waals surface area contributed by atoms with Crippen molar-refractivity contribution in [2.45, 2.75) is 25.8 Å². The van der Waals surface area contributed by atoms with E-state index in [2.05, 4.69) is 21.2 Å². The van der Waals surface area contributed by atoms with E-state index in [1.54, 1.807) is 6.92 Å². The lowest BCUT2D eigenvalue weighted by Crippen LogP contribution is -2.34. The van der Waals surface area contributed by atoms with Gasteiger partial charge in [0.1, 0.15) is 0 Å². The summed E-state index contributed by atoms with van der Waals surface area (Å²) in [6, 6.07) is 7.57. The molecule has 0 radical (unpaired) electrons. The number of hydrogen-bond donors (Lipinski definition) is 1. The Hall–Kier alpha value is -0.590. The van der Waals surface area contributed by atoms with Gasteiger partial charge in [-0.15, -0.1) is 0 Å². The molecule has 0 aliphatic rings. The molecule has 0 saturated carbocycles. The number of halogens is 4. The molecule has 1 aromatic rings. The predicted molar refractivity (Wildman–Crippen MR) is 67.3 cm³/mol. The lowest BCUT2D eigenvalue weighted by atomic mass is 10.2. The molecule has 0 aliphatic carbocycles. The maximum atomic E-state index is 11.9. The van der Waals surface area contributed by atoms with Crippen molar-refractivity contribution in [2.24, 2.45) is 0 Å². The number of ether oxygens (including phenoxy) is 1. The molecule has 0 heterocycles. The molecule has 0 aliphatic heterocycles. The van der Waals surface area contributed by atoms with Gasteiger partial charge in [-0.25, -0.2) is 0 Å². The van der Waals surface area contributed by atoms with Crippen LogP contribution in [0.15, 0.2) is 28.7 Å². The molecule has 1 unspecified atom stereocenters. The van der Waals surface area contributed by atoms with Gasteiger partial charge in [0.05, 0.1) is 19.3 Å². The molecule has 102 valence electrons. The molecule has 0 amide bonds. The maximum Gasteiger partial charge on any atom is 0.401 e. The molecule has 2 nitrogen and oxygen atoms in total. The third-order valence-electron chi connectivity index (χ3n) is 2.24. The molecule has 0 bridgehead atoms. The molecule has 0 spiro atoms. The molecule has 1 N–H and O–H groups in total. The van der Waals surface area contributed by atoms with Crippen LogP contribution in [-0.2, 0) is 11.3 Å². The van der Waals surface area contributed by atoms with Crippen LogP contribution >= 0.6 is 15.9 Å². The van der Waals surface area contributed by atoms with Crippen LogP contribution in [0.5, 0.6) is 0 Å². The molecule has 0 aromatic heterocycles. The number of hydrogen-bond acceptors (Lipinski definition) is 2. The average molecular weight is 326 g/mol. The zero-order chi connectivity index (χ0) is 13.6. The largest absolute Gasteiger partial charge is 0.401 e. The van der Waals surface area contributed by atoms with Crippen LogP contribution in [0, 0.1) is 0 Å². The summed E-state index contributed by atoms with van der Waals surface area (Å²) in [5.74, 6) is 0. The van der Waals surface area contributed by atoms with Crippen LogP contribution < -0.4 is 5.32 Å². The molecule has 1 aromatic carbocycles. The van der Waals surface area contributed by atoms with Gasteiger partial charge in [0, 0.05) is 11.0 Å². The van der Waals surface area contributed by atoms with E-state index in [-0.39, 0.29) is 12.6 Å². The lowest BCUT2D eigenvalue weighted by Gasteiger charge is -2.15. The lowest BCUT2D eigenvalue weighted by molar-refractivity contribution is -0.125. The highest BCUT2D eigenvalue weighted by Gasteiger charge is 2.26. The minimum atomic E-state index is -4.18. The van der Waals surface area contributed by atoms with Crippen molar-refractivity contribution in [3.63, 3.8) is 0 Å². The maximum absolute atomic E-state index is 11.9. The monoisotopic (exact) mass is 325 g/mol. The number of alkyl halides is 3. The summed E-state index contributed by atoms with van der Waals surface area (Å²) in [5.41, 5.74) is 0.972. The van der Waals surface area contributed by atoms with Crippen molar-refractivity contribution in [1.29, 1.82) is 0 Å². The highest BCUT2D eigenvalue weighted by atomic mass is 79.9. The van der Waals surface area contributed by atoms with Gasteiger partial charge < -0.3 is 10.1 Å². The van der Waals surface area contributed by atoms with E-state index in [1.807, 2.05) is 24.3 Å². The fourth-order valence-corrected chi connectivity index (χ4v) is 1.72. The van der Waals surface area contributed by atoms with Crippen molar-refractivity contribution >= 4 is 15.9 Å². The Bertz CT molecular complexity index is 371. The van der Waals surface area contributed by atoms with E-state index < -0.39 is 12.7 Å². The number of nitrogens with one attached hydrogen (secondary N) is 1. The van der Waals surface area contributed by atoms with Crippen LogP contribution in [0.3, 0.4) is 0 Å². The second-order valence-corrected chi connectivity index (χ2v) is 4.81. The molecular weight excluding hydrogens is 311 g/mol. The smallest absolute Gasteiger partial charge is 0.372 e. The van der Waals surface area contributed by atoms with Crippen molar-refractivity contribution in [3.8, 4) is 0 Å². The first kappa shape index (κ1) is 15.5. The zero-order valence-corrected chi connectivity index (χ0v) is 11.5. The SMILES string of the molecule is CC(CNCC(F)(F)F)OCc1ccccc1Br. The van der Waals surface area contributed by atoms with E-state index in [4.69, 9.17) is 4.74 Å². The van der Waals surface area contributed by atoms with Crippen LogP contribution in [0.1, 0.15) is 12.5 Å². The topological polar surface area (TPSA) is 21.3 Å². The van der Waals surface area contributed by atoms with Crippen LogP contribution in [-0.4, -0.2) is 25.4 Å². The molecule has 18 heavy (non-hydrogen) atoms. The summed E-state index contributed by atoms with van der Waals surface area (Å²) in [5, 5.41) is 2.31. The van der Waals surface area contributed by atoms with Gasteiger partial charge in [-0.3, -0.25) is 0 Å². The molecule has 6 heteroatoms. The predicted octanol–water partition coefficient (Wildman–Crippen LogP) is 3.51. The van der Waals surface area contributed by atoms with Gasteiger partial charge in [0.25, 0.3) is 0 Å². The van der Waals surface area contributed by atoms with Crippen molar-refractivity contribution in [1.82, 2.24) is 5.32 Å². The molecule has 1 atom stereocenters. The van der Waals surface area contributed by atoms with Crippen molar-refractivity contribution < 1.29 is 17.9 Å². The van der Waals surface area contributed by atoms with Crippen molar-refractivity contribution in [2.75, 3.05) is 13.1 Å². The summed E-state index contributed by atoms with van der Waals surface area (Å²) >= 11 is 3.38. The Balaban J connectivity index is 2.25. The molecular formula is C12H15BrF3NO. The van der Waals surface area contributed by atoms with Gasteiger partial charge in [-0.1, -0.05) is 34.1 Å². The van der Waals surface area contributed by atoms with Gasteiger partial charge in [-0.05, 0) is 18.6 Å². The van der Waals surface area contributed by atoms with Crippen LogP contribution in [0.25, 0.3) is 0 Å². The standard InChI is InChI=1S/C12H15BrF3NO/c1-9(6-17-8-12(14,15)16)18-7-10-4-2-3-5-11(10)13/h2-5,9,17H,6-8H2,1H3. The summed E-state index contributed by atoms with van der Waals surface area (Å²) in [7, 11) is 0. The Kier molecular flexibility index (Phi) is 6.11. The summed E-state index contributed by atoms with van der Waals surface area (Å²) < 4.78 is 42.1. The highest BCUT2D eigenvalue weighted by Crippen LogP contribution is 2.17. The van der Waals surface area contributed by atoms with E-state index >= 15 is 0 Å². The highest BCUT2D eigenvalue weighted by molar-refractivity contribution is 9.10. The van der Waals surface area contributed by atoms with Crippen LogP contribution in [0.2, 0.25) is 0 Å². The summed E-state index contributed by atoms with van der Waals surface area (Å²) in [6.07, 6.45) is -4.46. The quantitative estimate of drug-likeness (QED) is 0.864. The zero-order valence-electron chi connectivity index (χ0n) is 9.93. The first-order valence-electron chi connectivity index (χ1n) is 5.51. The fourth-order valence-electron chi connectivity index (χ4n) is 1.32. The van der Waals surface area contributed by atoms with E-state index in [0.29, 0.717) is 6.61 Å². The van der Waals surface area contributed by atoms with E-state index in [9.17, 15) is 13.2 Å². The van der Waals surface area contributed by atoms with Crippen LogP contribution in [0.4, 0.5) is 13.2 Å². The fraction of sp³-hybridized carbons (Fsp3) is 0.500. The summed E-state index contributed by atoms with van der Waals surface area (Å²) in [6.45, 7) is 1.29. The third kappa shape index (κ3) is 6.37. The van der Waals surface area contributed by atoms with Gasteiger partial charge in [-0.2, -0.15) is 13.2 Å². The first-order valence-corrected chi connectivity index (χ1v) is 6.30. The number of rotatable bonds is 6. The van der Waals surface area contributed by atoms with Gasteiger partial charge in [0.15, 0.2) is 0 Å². The molecule has 0 saturated heterocycles. The van der Waals surface area contributed by atoms with E-state index in [1.165, 1.54) is 0 Å².